The summed E-state index contributed by atoms with van der Waals surface area (Å²) in [6.45, 7) is 4.54. The van der Waals surface area contributed by atoms with Crippen molar-refractivity contribution < 1.29 is 19.0 Å². The number of rotatable bonds is 5. The third kappa shape index (κ3) is 3.86. The van der Waals surface area contributed by atoms with E-state index in [1.165, 1.54) is 12.3 Å². The van der Waals surface area contributed by atoms with E-state index in [9.17, 15) is 5.11 Å². The topological polar surface area (TPSA) is 110 Å². The predicted molar refractivity (Wildman–Crippen MR) is 129 cm³/mol. The Bertz CT molecular complexity index is 1390. The van der Waals surface area contributed by atoms with Crippen molar-refractivity contribution in [1.82, 2.24) is 24.7 Å². The molecule has 35 heavy (non-hydrogen) atoms. The van der Waals surface area contributed by atoms with Crippen LogP contribution in [0.4, 0.5) is 10.3 Å². The highest BCUT2D eigenvalue weighted by molar-refractivity contribution is 6.33. The Hall–Kier alpha value is -3.05. The van der Waals surface area contributed by atoms with Crippen LogP contribution < -0.4 is 5.32 Å². The van der Waals surface area contributed by atoms with Crippen molar-refractivity contribution >= 4 is 28.5 Å². The number of aliphatic hydroxyl groups is 1. The number of hydrogen-bond donors (Lipinski definition) is 3. The third-order valence-corrected chi connectivity index (χ3v) is 6.81. The number of nitrogens with one attached hydrogen (secondary N) is 2. The van der Waals surface area contributed by atoms with Crippen LogP contribution in [0, 0.1) is 5.82 Å². The van der Waals surface area contributed by atoms with Gasteiger partial charge in [0.25, 0.3) is 0 Å². The number of nitrogens with zero attached hydrogens (tertiary/aromatic N) is 4. The van der Waals surface area contributed by atoms with Crippen LogP contribution in [-0.2, 0) is 9.47 Å². The second kappa shape index (κ2) is 8.56. The minimum atomic E-state index is -0.860. The Kier molecular flexibility index (Phi) is 5.48. The first kappa shape index (κ1) is 22.4. The van der Waals surface area contributed by atoms with Crippen LogP contribution in [0.3, 0.4) is 0 Å². The molecular weight excluding hydrogens is 475 g/mol. The van der Waals surface area contributed by atoms with Crippen LogP contribution in [0.2, 0.25) is 5.02 Å². The average Bonchev–Trinajstić information content (AvgIpc) is 3.57. The number of fused-ring (bicyclic) bond motifs is 3. The monoisotopic (exact) mass is 498 g/mol. The molecule has 0 saturated carbocycles. The molecule has 1 aromatic carbocycles. The first-order valence-corrected chi connectivity index (χ1v) is 11.8. The molecule has 3 N–H and O–H groups in total. The number of H-pyrrole nitrogens is 1. The van der Waals surface area contributed by atoms with Gasteiger partial charge in [-0.25, -0.2) is 14.4 Å². The number of anilines is 1. The lowest BCUT2D eigenvalue weighted by atomic mass is 10.0. The Morgan fingerprint density at radius 2 is 2.11 bits per heavy atom. The third-order valence-electron chi connectivity index (χ3n) is 6.53. The summed E-state index contributed by atoms with van der Waals surface area (Å²) in [4.78, 5) is 8.86. The van der Waals surface area contributed by atoms with Gasteiger partial charge in [-0.3, -0.25) is 5.10 Å². The number of halogens is 2. The molecule has 2 bridgehead atoms. The highest BCUT2D eigenvalue weighted by Crippen LogP contribution is 2.37. The quantitative estimate of drug-likeness (QED) is 0.379. The molecule has 4 atom stereocenters. The number of aromatic amines is 1. The fraction of sp³-hybridized carbons (Fsp3) is 0.375. The van der Waals surface area contributed by atoms with Crippen molar-refractivity contribution in [3.05, 3.63) is 47.6 Å². The molecule has 2 aliphatic heterocycles. The van der Waals surface area contributed by atoms with E-state index in [1.807, 2.05) is 26.0 Å². The van der Waals surface area contributed by atoms with Gasteiger partial charge in [0.15, 0.2) is 6.29 Å². The fourth-order valence-electron chi connectivity index (χ4n) is 4.92. The van der Waals surface area contributed by atoms with Crippen molar-refractivity contribution in [3.8, 4) is 22.5 Å². The van der Waals surface area contributed by atoms with Gasteiger partial charge in [-0.05, 0) is 38.5 Å². The van der Waals surface area contributed by atoms with Crippen molar-refractivity contribution in [2.75, 3.05) is 11.9 Å². The van der Waals surface area contributed by atoms with Crippen LogP contribution in [0.5, 0.6) is 0 Å². The first-order valence-electron chi connectivity index (χ1n) is 11.5. The maximum Gasteiger partial charge on any atom is 0.223 e. The molecule has 0 aliphatic carbocycles. The van der Waals surface area contributed by atoms with Crippen LogP contribution in [0.15, 0.2) is 36.8 Å². The minimum absolute atomic E-state index is 0.0674. The Labute approximate surface area is 205 Å². The van der Waals surface area contributed by atoms with Gasteiger partial charge < -0.3 is 24.5 Å². The molecular formula is C24H24ClFN6O3. The molecule has 5 heterocycles. The van der Waals surface area contributed by atoms with Gasteiger partial charge in [-0.15, -0.1) is 0 Å². The minimum Gasteiger partial charge on any atom is -0.386 e. The molecule has 0 unspecified atom stereocenters. The van der Waals surface area contributed by atoms with Gasteiger partial charge in [0.05, 0.1) is 53.1 Å². The van der Waals surface area contributed by atoms with E-state index in [0.717, 1.165) is 16.8 Å². The lowest BCUT2D eigenvalue weighted by Crippen LogP contribution is -2.48. The second-order valence-electron chi connectivity index (χ2n) is 9.20. The molecule has 182 valence electrons. The second-order valence-corrected chi connectivity index (χ2v) is 9.61. The van der Waals surface area contributed by atoms with Crippen molar-refractivity contribution in [2.45, 2.75) is 50.8 Å². The molecule has 0 amide bonds. The molecule has 2 aliphatic rings. The smallest absolute Gasteiger partial charge is 0.223 e. The zero-order chi connectivity index (χ0) is 24.3. The van der Waals surface area contributed by atoms with Gasteiger partial charge in [0, 0.05) is 28.8 Å². The summed E-state index contributed by atoms with van der Waals surface area (Å²) in [5.41, 5.74) is 3.38. The van der Waals surface area contributed by atoms with E-state index in [1.54, 1.807) is 12.4 Å². The molecule has 0 spiro atoms. The Balaban J connectivity index is 1.40. The summed E-state index contributed by atoms with van der Waals surface area (Å²) < 4.78 is 28.5. The Morgan fingerprint density at radius 1 is 1.26 bits per heavy atom. The van der Waals surface area contributed by atoms with Crippen LogP contribution in [0.1, 0.15) is 26.3 Å². The van der Waals surface area contributed by atoms with E-state index in [-0.39, 0.29) is 30.0 Å². The van der Waals surface area contributed by atoms with Crippen molar-refractivity contribution in [2.24, 2.45) is 0 Å². The van der Waals surface area contributed by atoms with Gasteiger partial charge in [-0.2, -0.15) is 5.10 Å². The summed E-state index contributed by atoms with van der Waals surface area (Å²) in [6, 6.07) is 4.87. The van der Waals surface area contributed by atoms with E-state index in [2.05, 4.69) is 30.0 Å². The maximum atomic E-state index is 15.4. The van der Waals surface area contributed by atoms with Crippen LogP contribution >= 0.6 is 11.6 Å². The molecule has 2 fully saturated rings. The normalized spacial score (nSPS) is 23.9. The Morgan fingerprint density at radius 3 is 2.89 bits per heavy atom. The average molecular weight is 499 g/mol. The van der Waals surface area contributed by atoms with E-state index < -0.39 is 12.4 Å². The number of benzene rings is 1. The molecule has 4 aromatic rings. The van der Waals surface area contributed by atoms with Crippen LogP contribution in [0.25, 0.3) is 33.4 Å². The molecule has 0 radical (unpaired) electrons. The number of aromatic nitrogens is 5. The number of ether oxygens (including phenoxy) is 2. The lowest BCUT2D eigenvalue weighted by Gasteiger charge is -2.32. The summed E-state index contributed by atoms with van der Waals surface area (Å²) in [5.74, 6) is -0.0898. The van der Waals surface area contributed by atoms with E-state index in [4.69, 9.17) is 21.1 Å². The van der Waals surface area contributed by atoms with Gasteiger partial charge in [0.2, 0.25) is 5.95 Å². The standard InChI is InChI=1S/C24H24ClFN6O3/c1-11(2)32-19(13-7-28-29-8-13)6-15-17(26)3-12(4-20(15)32)21-16(25)9-27-24(31-21)30-18-5-14-10-34-23(35-14)22(18)33/h3-4,6-9,11,14,18,22-23,33H,5,10H2,1-2H3,(H,28,29)(H,27,30,31)/t14-,18+,22-,23+/m0/s1. The zero-order valence-electron chi connectivity index (χ0n) is 19.1. The van der Waals surface area contributed by atoms with Gasteiger partial charge >= 0.3 is 0 Å². The summed E-state index contributed by atoms with van der Waals surface area (Å²) in [5, 5.41) is 21.3. The van der Waals surface area contributed by atoms with Gasteiger partial charge in [-0.1, -0.05) is 11.6 Å². The first-order chi connectivity index (χ1) is 16.9. The molecule has 11 heteroatoms. The summed E-state index contributed by atoms with van der Waals surface area (Å²) >= 11 is 6.47. The van der Waals surface area contributed by atoms with Crippen molar-refractivity contribution in [1.29, 1.82) is 0 Å². The van der Waals surface area contributed by atoms with Crippen molar-refractivity contribution in [3.63, 3.8) is 0 Å². The zero-order valence-corrected chi connectivity index (χ0v) is 19.8. The molecule has 6 rings (SSSR count). The lowest BCUT2D eigenvalue weighted by molar-refractivity contribution is -0.156. The summed E-state index contributed by atoms with van der Waals surface area (Å²) in [6.07, 6.45) is 3.92. The predicted octanol–water partition coefficient (Wildman–Crippen LogP) is 4.15. The fourth-order valence-corrected chi connectivity index (χ4v) is 5.12. The highest BCUT2D eigenvalue weighted by atomic mass is 35.5. The number of aliphatic hydroxyl groups excluding tert-OH is 1. The van der Waals surface area contributed by atoms with E-state index >= 15 is 4.39 Å². The largest absolute Gasteiger partial charge is 0.386 e. The summed E-state index contributed by atoms with van der Waals surface area (Å²) in [7, 11) is 0. The SMILES string of the molecule is CC(C)n1c(-c2cn[nH]c2)cc2c(F)cc(-c3nc(N[C@@H]4C[C@H]5CO[C@H](O5)[C@H]4O)ncc3Cl)cc21. The maximum absolute atomic E-state index is 15.4. The number of hydrogen-bond acceptors (Lipinski definition) is 7. The van der Waals surface area contributed by atoms with Crippen LogP contribution in [-0.4, -0.2) is 61.0 Å². The van der Waals surface area contributed by atoms with Gasteiger partial charge in [0.1, 0.15) is 11.9 Å². The molecule has 3 aromatic heterocycles. The van der Waals surface area contributed by atoms with E-state index in [0.29, 0.717) is 34.7 Å². The molecule has 2 saturated heterocycles. The highest BCUT2D eigenvalue weighted by Gasteiger charge is 2.43. The molecule has 9 nitrogen and oxygen atoms in total.